The van der Waals surface area contributed by atoms with Crippen molar-refractivity contribution in [1.82, 2.24) is 15.0 Å². The molecule has 0 saturated heterocycles. The highest BCUT2D eigenvalue weighted by molar-refractivity contribution is 7.25. The van der Waals surface area contributed by atoms with Gasteiger partial charge in [0.25, 0.3) is 0 Å². The fraction of sp³-hybridized carbons (Fsp3) is 0.0172. The predicted molar refractivity (Wildman–Crippen MR) is 257 cm³/mol. The van der Waals surface area contributed by atoms with E-state index in [1.807, 2.05) is 17.4 Å². The van der Waals surface area contributed by atoms with Gasteiger partial charge in [0.2, 0.25) is 0 Å². The third-order valence-electron chi connectivity index (χ3n) is 12.5. The van der Waals surface area contributed by atoms with E-state index in [9.17, 15) is 0 Å². The van der Waals surface area contributed by atoms with E-state index in [4.69, 9.17) is 15.0 Å². The van der Waals surface area contributed by atoms with Gasteiger partial charge >= 0.3 is 0 Å². The summed E-state index contributed by atoms with van der Waals surface area (Å²) in [6, 6.07) is 80.4. The van der Waals surface area contributed by atoms with E-state index in [2.05, 4.69) is 218 Å². The van der Waals surface area contributed by atoms with Crippen LogP contribution in [0.2, 0.25) is 0 Å². The lowest BCUT2D eigenvalue weighted by atomic mass is 9.67. The molecular weight excluding hydrogens is 771 g/mol. The smallest absolute Gasteiger partial charge is 0.164 e. The minimum absolute atomic E-state index is 0.537. The quantitative estimate of drug-likeness (QED) is 0.161. The molecule has 0 spiro atoms. The summed E-state index contributed by atoms with van der Waals surface area (Å²) in [7, 11) is 0. The van der Waals surface area contributed by atoms with E-state index >= 15 is 0 Å². The van der Waals surface area contributed by atoms with Crippen LogP contribution in [0.4, 0.5) is 0 Å². The molecule has 0 radical (unpaired) electrons. The number of hydrogen-bond acceptors (Lipinski definition) is 4. The van der Waals surface area contributed by atoms with E-state index in [0.29, 0.717) is 17.5 Å². The minimum atomic E-state index is -0.537. The van der Waals surface area contributed by atoms with Crippen molar-refractivity contribution < 1.29 is 0 Å². The summed E-state index contributed by atoms with van der Waals surface area (Å²) in [5.74, 6) is 1.90. The van der Waals surface area contributed by atoms with Crippen molar-refractivity contribution in [2.75, 3.05) is 0 Å². The van der Waals surface area contributed by atoms with Crippen LogP contribution in [0.1, 0.15) is 22.3 Å². The van der Waals surface area contributed by atoms with Crippen LogP contribution < -0.4 is 0 Å². The molecule has 0 saturated carbocycles. The van der Waals surface area contributed by atoms with Crippen molar-refractivity contribution in [1.29, 1.82) is 0 Å². The van der Waals surface area contributed by atoms with Gasteiger partial charge < -0.3 is 0 Å². The Bertz CT molecular complexity index is 3390. The third kappa shape index (κ3) is 5.83. The van der Waals surface area contributed by atoms with Gasteiger partial charge in [0, 0.05) is 36.9 Å². The SMILES string of the molecule is c1ccc(-c2ccc(-c3nc(-c4ccc(-c5ccc6c(c5)sc5ccccc56)cc4)nc(-c4cccc5c4-c4ccccc4C5(c4ccccc4)c4ccccc4)n3)cc2)cc1. The summed E-state index contributed by atoms with van der Waals surface area (Å²) in [5, 5.41) is 2.61. The molecule has 62 heavy (non-hydrogen) atoms. The van der Waals surface area contributed by atoms with Crippen LogP contribution in [0, 0.1) is 0 Å². The number of thiophene rings is 1. The summed E-state index contributed by atoms with van der Waals surface area (Å²) >= 11 is 1.84. The molecule has 12 rings (SSSR count). The second kappa shape index (κ2) is 14.7. The molecule has 0 atom stereocenters. The predicted octanol–water partition coefficient (Wildman–Crippen LogP) is 14.9. The Hall–Kier alpha value is -7.79. The Morgan fingerprint density at radius 1 is 0.306 bits per heavy atom. The van der Waals surface area contributed by atoms with Crippen LogP contribution in [0.5, 0.6) is 0 Å². The zero-order chi connectivity index (χ0) is 41.0. The highest BCUT2D eigenvalue weighted by atomic mass is 32.1. The molecule has 4 heteroatoms. The molecule has 0 unspecified atom stereocenters. The zero-order valence-corrected chi connectivity index (χ0v) is 34.4. The van der Waals surface area contributed by atoms with E-state index < -0.39 is 5.41 Å². The van der Waals surface area contributed by atoms with Crippen molar-refractivity contribution in [2.24, 2.45) is 0 Å². The molecule has 1 aliphatic rings. The van der Waals surface area contributed by atoms with Gasteiger partial charge in [0.1, 0.15) is 0 Å². The van der Waals surface area contributed by atoms with E-state index in [1.54, 1.807) is 0 Å². The fourth-order valence-corrected chi connectivity index (χ4v) is 10.7. The maximum absolute atomic E-state index is 5.36. The van der Waals surface area contributed by atoms with Crippen molar-refractivity contribution in [2.45, 2.75) is 5.41 Å². The first-order chi connectivity index (χ1) is 30.7. The maximum atomic E-state index is 5.36. The summed E-state index contributed by atoms with van der Waals surface area (Å²) < 4.78 is 2.60. The zero-order valence-electron chi connectivity index (χ0n) is 33.6. The lowest BCUT2D eigenvalue weighted by molar-refractivity contribution is 0.768. The second-order valence-corrected chi connectivity index (χ2v) is 17.0. The van der Waals surface area contributed by atoms with Crippen LogP contribution in [0.25, 0.3) is 87.7 Å². The summed E-state index contributed by atoms with van der Waals surface area (Å²) in [5.41, 5.74) is 14.2. The van der Waals surface area contributed by atoms with E-state index in [-0.39, 0.29) is 0 Å². The molecular formula is C58H37N3S. The van der Waals surface area contributed by atoms with Crippen molar-refractivity contribution in [3.05, 3.63) is 247 Å². The molecule has 0 N–H and O–H groups in total. The highest BCUT2D eigenvalue weighted by Gasteiger charge is 2.47. The number of rotatable bonds is 7. The average molecular weight is 808 g/mol. The topological polar surface area (TPSA) is 38.7 Å². The van der Waals surface area contributed by atoms with Crippen LogP contribution >= 0.6 is 11.3 Å². The second-order valence-electron chi connectivity index (χ2n) is 15.9. The summed E-state index contributed by atoms with van der Waals surface area (Å²) in [4.78, 5) is 15.9. The fourth-order valence-electron chi connectivity index (χ4n) is 9.59. The molecule has 2 heterocycles. The van der Waals surface area contributed by atoms with Crippen LogP contribution in [-0.2, 0) is 5.41 Å². The maximum Gasteiger partial charge on any atom is 0.164 e. The standard InChI is InChI=1S/C58H37N3S/c1-4-15-38(16-5-1)39-27-31-41(32-28-39)55-59-56(42-33-29-40(30-34-42)43-35-36-47-46-21-11-13-26-52(46)62-53(47)37-43)61-57(60-55)49-23-14-25-51-54(49)48-22-10-12-24-50(48)58(51,44-17-6-2-7-18-44)45-19-8-3-9-20-45/h1-37H. The number of aromatic nitrogens is 3. The van der Waals surface area contributed by atoms with Crippen molar-refractivity contribution in [3.8, 4) is 67.5 Å². The molecule has 0 amide bonds. The molecule has 0 aliphatic heterocycles. The molecule has 3 nitrogen and oxygen atoms in total. The highest BCUT2D eigenvalue weighted by Crippen LogP contribution is 2.58. The Balaban J connectivity index is 1.03. The van der Waals surface area contributed by atoms with Gasteiger partial charge in [-0.2, -0.15) is 0 Å². The van der Waals surface area contributed by atoms with Gasteiger partial charge in [-0.05, 0) is 67.8 Å². The van der Waals surface area contributed by atoms with Crippen molar-refractivity contribution in [3.63, 3.8) is 0 Å². The summed E-state index contributed by atoms with van der Waals surface area (Å²) in [6.45, 7) is 0. The van der Waals surface area contributed by atoms with E-state index in [1.165, 1.54) is 59.1 Å². The molecule has 1 aliphatic carbocycles. The third-order valence-corrected chi connectivity index (χ3v) is 13.6. The van der Waals surface area contributed by atoms with Gasteiger partial charge in [0.05, 0.1) is 5.41 Å². The first kappa shape index (κ1) is 36.1. The lowest BCUT2D eigenvalue weighted by Gasteiger charge is -2.33. The Labute approximate surface area is 364 Å². The number of fused-ring (bicyclic) bond motifs is 6. The average Bonchev–Trinajstić information content (AvgIpc) is 3.88. The molecule has 0 bridgehead atoms. The van der Waals surface area contributed by atoms with Crippen LogP contribution in [0.15, 0.2) is 224 Å². The lowest BCUT2D eigenvalue weighted by Crippen LogP contribution is -2.28. The van der Waals surface area contributed by atoms with Crippen LogP contribution in [0.3, 0.4) is 0 Å². The van der Waals surface area contributed by atoms with Crippen LogP contribution in [-0.4, -0.2) is 15.0 Å². The number of benzene rings is 9. The van der Waals surface area contributed by atoms with Gasteiger partial charge in [-0.1, -0.05) is 212 Å². The van der Waals surface area contributed by atoms with Gasteiger partial charge in [-0.15, -0.1) is 11.3 Å². The molecule has 290 valence electrons. The molecule has 9 aromatic carbocycles. The first-order valence-electron chi connectivity index (χ1n) is 21.0. The molecule has 0 fully saturated rings. The Morgan fingerprint density at radius 2 is 0.774 bits per heavy atom. The van der Waals surface area contributed by atoms with Gasteiger partial charge in [-0.25, -0.2) is 15.0 Å². The monoisotopic (exact) mass is 807 g/mol. The normalized spacial score (nSPS) is 12.6. The van der Waals surface area contributed by atoms with Crippen molar-refractivity contribution >= 4 is 31.5 Å². The van der Waals surface area contributed by atoms with Gasteiger partial charge in [-0.3, -0.25) is 0 Å². The Kier molecular flexibility index (Phi) is 8.58. The number of nitrogens with zero attached hydrogens (tertiary/aromatic N) is 3. The first-order valence-corrected chi connectivity index (χ1v) is 21.8. The number of hydrogen-bond donors (Lipinski definition) is 0. The summed E-state index contributed by atoms with van der Waals surface area (Å²) in [6.07, 6.45) is 0. The van der Waals surface area contributed by atoms with E-state index in [0.717, 1.165) is 33.4 Å². The molecule has 11 aromatic rings. The minimum Gasteiger partial charge on any atom is -0.208 e. The molecule has 2 aromatic heterocycles. The Morgan fingerprint density at radius 3 is 1.45 bits per heavy atom. The largest absolute Gasteiger partial charge is 0.208 e. The van der Waals surface area contributed by atoms with Gasteiger partial charge in [0.15, 0.2) is 17.5 Å².